The first kappa shape index (κ1) is 11.6. The highest BCUT2D eigenvalue weighted by molar-refractivity contribution is 4.79. The van der Waals surface area contributed by atoms with Gasteiger partial charge in [0.05, 0.1) is 6.54 Å². The molecule has 1 atom stereocenters. The topological polar surface area (TPSA) is 39.1 Å². The third-order valence-electron chi connectivity index (χ3n) is 3.34. The molecule has 0 saturated carbocycles. The van der Waals surface area contributed by atoms with Gasteiger partial charge in [0.2, 0.25) is 0 Å². The van der Waals surface area contributed by atoms with Crippen LogP contribution in [0.15, 0.2) is 18.5 Å². The number of hydrogen-bond donors (Lipinski definition) is 1. The zero-order valence-electron chi connectivity index (χ0n) is 9.93. The van der Waals surface area contributed by atoms with Crippen molar-refractivity contribution in [2.75, 3.05) is 19.8 Å². The minimum Gasteiger partial charge on any atom is -0.381 e. The molecular weight excluding hydrogens is 202 g/mol. The van der Waals surface area contributed by atoms with Gasteiger partial charge in [0, 0.05) is 38.2 Å². The van der Waals surface area contributed by atoms with Crippen molar-refractivity contribution < 1.29 is 4.74 Å². The Labute approximate surface area is 97.0 Å². The van der Waals surface area contributed by atoms with E-state index in [1.807, 2.05) is 23.1 Å². The van der Waals surface area contributed by atoms with E-state index in [-0.39, 0.29) is 0 Å². The highest BCUT2D eigenvalue weighted by atomic mass is 16.5. The van der Waals surface area contributed by atoms with E-state index in [1.165, 1.54) is 12.8 Å². The van der Waals surface area contributed by atoms with E-state index in [2.05, 4.69) is 17.3 Å². The van der Waals surface area contributed by atoms with Crippen molar-refractivity contribution in [2.24, 2.45) is 5.92 Å². The molecule has 1 aliphatic rings. The second-order valence-electron chi connectivity index (χ2n) is 4.46. The Morgan fingerprint density at radius 2 is 2.31 bits per heavy atom. The number of nitrogens with zero attached hydrogens (tertiary/aromatic N) is 2. The van der Waals surface area contributed by atoms with Crippen LogP contribution in [0.3, 0.4) is 0 Å². The first-order valence-electron chi connectivity index (χ1n) is 6.15. The van der Waals surface area contributed by atoms with E-state index >= 15 is 0 Å². The number of hydrogen-bond acceptors (Lipinski definition) is 3. The standard InChI is InChI=1S/C12H21N3O/c1-11(12-3-9-16-10-4-12)13-6-8-15-7-2-5-14-15/h2,5,7,11-13H,3-4,6,8-10H2,1H3. The van der Waals surface area contributed by atoms with Crippen molar-refractivity contribution >= 4 is 0 Å². The van der Waals surface area contributed by atoms with Gasteiger partial charge < -0.3 is 10.1 Å². The lowest BCUT2D eigenvalue weighted by atomic mass is 9.93. The molecule has 0 spiro atoms. The van der Waals surface area contributed by atoms with Gasteiger partial charge in [-0.05, 0) is 31.7 Å². The second-order valence-corrected chi connectivity index (χ2v) is 4.46. The number of ether oxygens (including phenoxy) is 1. The zero-order valence-corrected chi connectivity index (χ0v) is 9.93. The molecule has 1 aromatic rings. The van der Waals surface area contributed by atoms with Crippen LogP contribution in [-0.2, 0) is 11.3 Å². The molecule has 0 aromatic carbocycles. The lowest BCUT2D eigenvalue weighted by molar-refractivity contribution is 0.0559. The molecule has 1 aromatic heterocycles. The van der Waals surface area contributed by atoms with Gasteiger partial charge >= 0.3 is 0 Å². The van der Waals surface area contributed by atoms with Gasteiger partial charge in [-0.3, -0.25) is 4.68 Å². The van der Waals surface area contributed by atoms with Gasteiger partial charge in [0.15, 0.2) is 0 Å². The summed E-state index contributed by atoms with van der Waals surface area (Å²) in [5.74, 6) is 0.770. The van der Waals surface area contributed by atoms with E-state index in [9.17, 15) is 0 Å². The maximum Gasteiger partial charge on any atom is 0.0534 e. The molecule has 1 saturated heterocycles. The Bertz CT molecular complexity index is 280. The summed E-state index contributed by atoms with van der Waals surface area (Å²) >= 11 is 0. The Morgan fingerprint density at radius 3 is 3.00 bits per heavy atom. The summed E-state index contributed by atoms with van der Waals surface area (Å²) < 4.78 is 7.33. The lowest BCUT2D eigenvalue weighted by Gasteiger charge is -2.28. The molecule has 90 valence electrons. The van der Waals surface area contributed by atoms with E-state index < -0.39 is 0 Å². The van der Waals surface area contributed by atoms with Gasteiger partial charge in [-0.15, -0.1) is 0 Å². The first-order chi connectivity index (χ1) is 7.86. The van der Waals surface area contributed by atoms with E-state index in [4.69, 9.17) is 4.74 Å². The third-order valence-corrected chi connectivity index (χ3v) is 3.34. The molecule has 1 fully saturated rings. The molecule has 0 radical (unpaired) electrons. The van der Waals surface area contributed by atoms with Crippen LogP contribution in [-0.4, -0.2) is 35.6 Å². The molecule has 2 heterocycles. The van der Waals surface area contributed by atoms with Crippen LogP contribution >= 0.6 is 0 Å². The number of aromatic nitrogens is 2. The van der Waals surface area contributed by atoms with Crippen molar-refractivity contribution in [1.29, 1.82) is 0 Å². The fourth-order valence-corrected chi connectivity index (χ4v) is 2.22. The van der Waals surface area contributed by atoms with Crippen molar-refractivity contribution in [1.82, 2.24) is 15.1 Å². The van der Waals surface area contributed by atoms with Crippen LogP contribution < -0.4 is 5.32 Å². The third kappa shape index (κ3) is 3.32. The van der Waals surface area contributed by atoms with Crippen LogP contribution in [0.4, 0.5) is 0 Å². The Morgan fingerprint density at radius 1 is 1.50 bits per heavy atom. The quantitative estimate of drug-likeness (QED) is 0.817. The molecule has 1 unspecified atom stereocenters. The maximum absolute atomic E-state index is 5.37. The van der Waals surface area contributed by atoms with Crippen LogP contribution in [0.5, 0.6) is 0 Å². The highest BCUT2D eigenvalue weighted by Crippen LogP contribution is 2.18. The number of nitrogens with one attached hydrogen (secondary N) is 1. The van der Waals surface area contributed by atoms with Gasteiger partial charge in [-0.2, -0.15) is 5.10 Å². The molecule has 1 N–H and O–H groups in total. The molecular formula is C12H21N3O. The average molecular weight is 223 g/mol. The molecule has 1 aliphatic heterocycles. The predicted molar refractivity (Wildman–Crippen MR) is 63.2 cm³/mol. The molecule has 2 rings (SSSR count). The molecule has 0 aliphatic carbocycles. The molecule has 0 amide bonds. The normalized spacial score (nSPS) is 19.8. The SMILES string of the molecule is CC(NCCn1cccn1)C1CCOCC1. The summed E-state index contributed by atoms with van der Waals surface area (Å²) in [5.41, 5.74) is 0. The highest BCUT2D eigenvalue weighted by Gasteiger charge is 2.19. The van der Waals surface area contributed by atoms with Crippen molar-refractivity contribution in [3.05, 3.63) is 18.5 Å². The summed E-state index contributed by atoms with van der Waals surface area (Å²) in [6, 6.07) is 2.54. The summed E-state index contributed by atoms with van der Waals surface area (Å²) in [4.78, 5) is 0. The minimum atomic E-state index is 0.583. The Kier molecular flexibility index (Phi) is 4.36. The molecule has 4 nitrogen and oxygen atoms in total. The lowest BCUT2D eigenvalue weighted by Crippen LogP contribution is -2.38. The Balaban J connectivity index is 1.65. The van der Waals surface area contributed by atoms with Gasteiger partial charge in [-0.1, -0.05) is 0 Å². The van der Waals surface area contributed by atoms with Gasteiger partial charge in [-0.25, -0.2) is 0 Å². The molecule has 0 bridgehead atoms. The summed E-state index contributed by atoms with van der Waals surface area (Å²) in [6.07, 6.45) is 6.20. The van der Waals surface area contributed by atoms with Crippen molar-refractivity contribution in [2.45, 2.75) is 32.4 Å². The minimum absolute atomic E-state index is 0.583. The van der Waals surface area contributed by atoms with Gasteiger partial charge in [0.1, 0.15) is 0 Å². The second kappa shape index (κ2) is 6.01. The van der Waals surface area contributed by atoms with Crippen molar-refractivity contribution in [3.8, 4) is 0 Å². The molecule has 16 heavy (non-hydrogen) atoms. The predicted octanol–water partition coefficient (Wildman–Crippen LogP) is 1.29. The Hall–Kier alpha value is -0.870. The van der Waals surface area contributed by atoms with E-state index in [1.54, 1.807) is 0 Å². The van der Waals surface area contributed by atoms with E-state index in [0.717, 1.165) is 32.2 Å². The summed E-state index contributed by atoms with van der Waals surface area (Å²) in [5, 5.41) is 7.76. The zero-order chi connectivity index (χ0) is 11.2. The smallest absolute Gasteiger partial charge is 0.0534 e. The molecule has 4 heteroatoms. The van der Waals surface area contributed by atoms with Gasteiger partial charge in [0.25, 0.3) is 0 Å². The summed E-state index contributed by atoms with van der Waals surface area (Å²) in [7, 11) is 0. The average Bonchev–Trinajstić information content (AvgIpc) is 2.83. The summed E-state index contributed by atoms with van der Waals surface area (Å²) in [6.45, 7) is 6.06. The monoisotopic (exact) mass is 223 g/mol. The van der Waals surface area contributed by atoms with Crippen LogP contribution in [0, 0.1) is 5.92 Å². The van der Waals surface area contributed by atoms with Crippen molar-refractivity contribution in [3.63, 3.8) is 0 Å². The van der Waals surface area contributed by atoms with E-state index in [0.29, 0.717) is 6.04 Å². The van der Waals surface area contributed by atoms with Crippen LogP contribution in [0.25, 0.3) is 0 Å². The first-order valence-corrected chi connectivity index (χ1v) is 6.15. The largest absolute Gasteiger partial charge is 0.381 e. The fraction of sp³-hybridized carbons (Fsp3) is 0.750. The van der Waals surface area contributed by atoms with Crippen LogP contribution in [0.2, 0.25) is 0 Å². The maximum atomic E-state index is 5.37. The number of rotatable bonds is 5. The van der Waals surface area contributed by atoms with Crippen LogP contribution in [0.1, 0.15) is 19.8 Å². The fourth-order valence-electron chi connectivity index (χ4n) is 2.22.